The van der Waals surface area contributed by atoms with E-state index in [9.17, 15) is 4.79 Å². The van der Waals surface area contributed by atoms with Gasteiger partial charge in [-0.05, 0) is 29.8 Å². The Hall–Kier alpha value is -3.40. The molecule has 9 nitrogen and oxygen atoms in total. The summed E-state index contributed by atoms with van der Waals surface area (Å²) in [6, 6.07) is 11.2. The fourth-order valence-corrected chi connectivity index (χ4v) is 4.63. The molecule has 35 heavy (non-hydrogen) atoms. The molecular formula is C24H23Cl2N7O2. The van der Waals surface area contributed by atoms with Crippen LogP contribution in [0.25, 0.3) is 11.0 Å². The van der Waals surface area contributed by atoms with Crippen LogP contribution in [0.3, 0.4) is 0 Å². The number of halogens is 2. The van der Waals surface area contributed by atoms with Crippen molar-refractivity contribution >= 4 is 51.4 Å². The molecule has 0 amide bonds. The van der Waals surface area contributed by atoms with Crippen molar-refractivity contribution in [3.8, 4) is 5.75 Å². The number of methoxy groups -OCH3 is 1. The molecule has 3 N–H and O–H groups in total. The Balaban J connectivity index is 1.47. The normalized spacial score (nSPS) is 13.7. The second kappa shape index (κ2) is 10.1. The molecule has 180 valence electrons. The van der Waals surface area contributed by atoms with Gasteiger partial charge in [-0.1, -0.05) is 29.3 Å². The van der Waals surface area contributed by atoms with Gasteiger partial charge in [0.1, 0.15) is 29.1 Å². The fraction of sp³-hybridized carbons (Fsp3) is 0.250. The summed E-state index contributed by atoms with van der Waals surface area (Å²) in [4.78, 5) is 31.2. The molecular weight excluding hydrogens is 489 g/mol. The van der Waals surface area contributed by atoms with Gasteiger partial charge in [-0.2, -0.15) is 0 Å². The lowest BCUT2D eigenvalue weighted by Gasteiger charge is -2.30. The molecule has 11 heteroatoms. The molecule has 3 heterocycles. The number of piperazine rings is 1. The molecule has 0 spiro atoms. The van der Waals surface area contributed by atoms with E-state index in [1.54, 1.807) is 25.3 Å². The van der Waals surface area contributed by atoms with Crippen molar-refractivity contribution < 1.29 is 4.74 Å². The Bertz CT molecular complexity index is 1420. The van der Waals surface area contributed by atoms with E-state index in [1.807, 2.05) is 18.2 Å². The van der Waals surface area contributed by atoms with Crippen molar-refractivity contribution in [1.29, 1.82) is 0 Å². The van der Waals surface area contributed by atoms with Crippen molar-refractivity contribution in [1.82, 2.24) is 25.3 Å². The Kier molecular flexibility index (Phi) is 6.72. The topological polar surface area (TPSA) is 108 Å². The average molecular weight is 512 g/mol. The Morgan fingerprint density at radius 2 is 1.89 bits per heavy atom. The number of ether oxygens (including phenoxy) is 1. The lowest BCUT2D eigenvalue weighted by atomic mass is 10.1. The lowest BCUT2D eigenvalue weighted by Crippen LogP contribution is -2.43. The molecule has 1 aliphatic rings. The van der Waals surface area contributed by atoms with Gasteiger partial charge in [-0.15, -0.1) is 0 Å². The van der Waals surface area contributed by atoms with Gasteiger partial charge < -0.3 is 25.3 Å². The predicted octanol–water partition coefficient (Wildman–Crippen LogP) is 3.77. The van der Waals surface area contributed by atoms with Gasteiger partial charge in [0.15, 0.2) is 5.65 Å². The Morgan fingerprint density at radius 3 is 2.63 bits per heavy atom. The quantitative estimate of drug-likeness (QED) is 0.359. The van der Waals surface area contributed by atoms with Gasteiger partial charge >= 0.3 is 0 Å². The van der Waals surface area contributed by atoms with Crippen LogP contribution in [0.1, 0.15) is 11.4 Å². The number of nitrogens with one attached hydrogen (secondary N) is 3. The third-order valence-electron chi connectivity index (χ3n) is 5.88. The van der Waals surface area contributed by atoms with E-state index in [-0.39, 0.29) is 23.0 Å². The molecule has 2 aromatic carbocycles. The summed E-state index contributed by atoms with van der Waals surface area (Å²) in [7, 11) is 1.61. The van der Waals surface area contributed by atoms with E-state index >= 15 is 0 Å². The highest BCUT2D eigenvalue weighted by atomic mass is 35.5. The van der Waals surface area contributed by atoms with Crippen LogP contribution in [-0.2, 0) is 6.42 Å². The number of fused-ring (bicyclic) bond motifs is 1. The zero-order chi connectivity index (χ0) is 24.4. The minimum atomic E-state index is -0.368. The Labute approximate surface area is 211 Å². The summed E-state index contributed by atoms with van der Waals surface area (Å²) in [5.74, 6) is 1.38. The minimum Gasteiger partial charge on any atom is -0.494 e. The van der Waals surface area contributed by atoms with Crippen LogP contribution < -0.4 is 25.8 Å². The summed E-state index contributed by atoms with van der Waals surface area (Å²) in [6.45, 7) is 3.73. The number of hydrogen-bond acceptors (Lipinski definition) is 8. The van der Waals surface area contributed by atoms with Crippen LogP contribution in [0.2, 0.25) is 10.0 Å². The van der Waals surface area contributed by atoms with Crippen LogP contribution in [-0.4, -0.2) is 53.2 Å². The maximum Gasteiger partial charge on any atom is 0.264 e. The molecule has 0 aliphatic carbocycles. The van der Waals surface area contributed by atoms with E-state index in [4.69, 9.17) is 27.9 Å². The van der Waals surface area contributed by atoms with Crippen LogP contribution in [0.15, 0.2) is 47.5 Å². The standard InChI is InChI=1S/C24H23Cl2N7O2/c1-35-19-11-14(33-9-7-27-8-10-33)5-6-18(19)30-22-21-23(29-13-28-22)31-20(32-24(21)34)12-15-16(25)3-2-4-17(15)26/h2-6,11,13,27H,7-10,12H2,1H3,(H2,28,29,30,31,32,34). The summed E-state index contributed by atoms with van der Waals surface area (Å²) < 4.78 is 5.62. The van der Waals surface area contributed by atoms with Gasteiger partial charge in [0.2, 0.25) is 0 Å². The minimum absolute atomic E-state index is 0.245. The van der Waals surface area contributed by atoms with E-state index < -0.39 is 0 Å². The molecule has 4 aromatic rings. The number of aromatic nitrogens is 4. The summed E-state index contributed by atoms with van der Waals surface area (Å²) in [5, 5.41) is 7.81. The molecule has 1 saturated heterocycles. The summed E-state index contributed by atoms with van der Waals surface area (Å²) in [5.41, 5.74) is 2.33. The average Bonchev–Trinajstić information content (AvgIpc) is 2.87. The molecule has 0 radical (unpaired) electrons. The largest absolute Gasteiger partial charge is 0.494 e. The number of rotatable bonds is 6. The van der Waals surface area contributed by atoms with E-state index in [2.05, 4.69) is 35.5 Å². The predicted molar refractivity (Wildman–Crippen MR) is 139 cm³/mol. The van der Waals surface area contributed by atoms with E-state index in [0.717, 1.165) is 31.9 Å². The van der Waals surface area contributed by atoms with Crippen molar-refractivity contribution in [3.05, 3.63) is 74.5 Å². The number of anilines is 3. The molecule has 0 bridgehead atoms. The number of benzene rings is 2. The van der Waals surface area contributed by atoms with Gasteiger partial charge in [0.05, 0.1) is 12.8 Å². The Morgan fingerprint density at radius 1 is 1.11 bits per heavy atom. The molecule has 5 rings (SSSR count). The smallest absolute Gasteiger partial charge is 0.264 e. The first-order valence-corrected chi connectivity index (χ1v) is 11.9. The van der Waals surface area contributed by atoms with Crippen molar-refractivity contribution in [2.75, 3.05) is 43.5 Å². The fourth-order valence-electron chi connectivity index (χ4n) is 4.10. The molecule has 0 unspecified atom stereocenters. The zero-order valence-electron chi connectivity index (χ0n) is 18.9. The summed E-state index contributed by atoms with van der Waals surface area (Å²) in [6.07, 6.45) is 1.63. The lowest BCUT2D eigenvalue weighted by molar-refractivity contribution is 0.416. The number of nitrogens with zero attached hydrogens (tertiary/aromatic N) is 4. The first-order valence-electron chi connectivity index (χ1n) is 11.1. The highest BCUT2D eigenvalue weighted by Crippen LogP contribution is 2.33. The monoisotopic (exact) mass is 511 g/mol. The van der Waals surface area contributed by atoms with E-state index in [0.29, 0.717) is 38.7 Å². The van der Waals surface area contributed by atoms with Crippen molar-refractivity contribution in [2.24, 2.45) is 0 Å². The molecule has 0 saturated carbocycles. The van der Waals surface area contributed by atoms with Crippen LogP contribution >= 0.6 is 23.2 Å². The van der Waals surface area contributed by atoms with E-state index in [1.165, 1.54) is 6.33 Å². The second-order valence-electron chi connectivity index (χ2n) is 8.06. The number of aromatic amines is 1. The van der Waals surface area contributed by atoms with Crippen LogP contribution in [0, 0.1) is 0 Å². The second-order valence-corrected chi connectivity index (χ2v) is 8.87. The zero-order valence-corrected chi connectivity index (χ0v) is 20.5. The van der Waals surface area contributed by atoms with Gasteiger partial charge in [-0.3, -0.25) is 4.79 Å². The number of hydrogen-bond donors (Lipinski definition) is 3. The molecule has 2 aromatic heterocycles. The van der Waals surface area contributed by atoms with Crippen molar-refractivity contribution in [3.63, 3.8) is 0 Å². The third-order valence-corrected chi connectivity index (χ3v) is 6.59. The van der Waals surface area contributed by atoms with Gasteiger partial charge in [0, 0.05) is 54.4 Å². The number of H-pyrrole nitrogens is 1. The van der Waals surface area contributed by atoms with Crippen LogP contribution in [0.5, 0.6) is 5.75 Å². The van der Waals surface area contributed by atoms with Gasteiger partial charge in [0.25, 0.3) is 5.56 Å². The first-order chi connectivity index (χ1) is 17.0. The third kappa shape index (κ3) is 4.88. The maximum atomic E-state index is 13.1. The van der Waals surface area contributed by atoms with Crippen LogP contribution in [0.4, 0.5) is 17.2 Å². The molecule has 0 atom stereocenters. The molecule has 1 aliphatic heterocycles. The highest BCUT2D eigenvalue weighted by molar-refractivity contribution is 6.36. The maximum absolute atomic E-state index is 13.1. The molecule has 1 fully saturated rings. The SMILES string of the molecule is COc1cc(N2CCNCC2)ccc1Nc1ncnc2nc(Cc3c(Cl)cccc3Cl)[nH]c(=O)c12. The highest BCUT2D eigenvalue weighted by Gasteiger charge is 2.17. The summed E-state index contributed by atoms with van der Waals surface area (Å²) >= 11 is 12.6. The van der Waals surface area contributed by atoms with Crippen molar-refractivity contribution in [2.45, 2.75) is 6.42 Å². The first kappa shape index (κ1) is 23.3. The van der Waals surface area contributed by atoms with Gasteiger partial charge in [-0.25, -0.2) is 15.0 Å².